The van der Waals surface area contributed by atoms with Gasteiger partial charge in [0.25, 0.3) is 5.91 Å². The predicted octanol–water partition coefficient (Wildman–Crippen LogP) is 0.0374. The Labute approximate surface area is 139 Å². The molecule has 0 aliphatic rings. The minimum atomic E-state index is -0.389. The van der Waals surface area contributed by atoms with Gasteiger partial charge in [-0.3, -0.25) is 4.79 Å². The number of phenolic OH excluding ortho intramolecular Hbond substituents is 1. The van der Waals surface area contributed by atoms with Gasteiger partial charge in [-0.05, 0) is 30.2 Å². The average Bonchev–Trinajstić information content (AvgIpc) is 2.56. The standard InChI is InChI=1S/C15H22N2O5S/c1-21-13-9-10(3-4-12(13)18)14(19)17-6-7-22-15(20)11(16)5-8-23-2/h3-4,9,11,18H,5-8,16H2,1-2H3,(H,17,19)/p+1/t11-/m0/s1. The van der Waals surface area contributed by atoms with Crippen molar-refractivity contribution in [3.8, 4) is 11.5 Å². The lowest BCUT2D eigenvalue weighted by molar-refractivity contribution is -0.408. The van der Waals surface area contributed by atoms with Crippen molar-refractivity contribution < 1.29 is 29.9 Å². The van der Waals surface area contributed by atoms with Crippen molar-refractivity contribution in [1.29, 1.82) is 0 Å². The van der Waals surface area contributed by atoms with E-state index in [0.29, 0.717) is 12.0 Å². The summed E-state index contributed by atoms with van der Waals surface area (Å²) in [6.45, 7) is 0.286. The number of phenols is 1. The lowest BCUT2D eigenvalue weighted by atomic mass is 10.2. The Kier molecular flexibility index (Phi) is 8.28. The fourth-order valence-electron chi connectivity index (χ4n) is 1.73. The van der Waals surface area contributed by atoms with Crippen LogP contribution in [0.3, 0.4) is 0 Å². The van der Waals surface area contributed by atoms with Gasteiger partial charge in [0.15, 0.2) is 17.5 Å². The third kappa shape index (κ3) is 6.37. The van der Waals surface area contributed by atoms with Crippen molar-refractivity contribution in [2.45, 2.75) is 12.5 Å². The Hall–Kier alpha value is -1.93. The van der Waals surface area contributed by atoms with Gasteiger partial charge in [0, 0.05) is 12.0 Å². The maximum absolute atomic E-state index is 11.9. The number of carbonyl (C=O) groups excluding carboxylic acids is 2. The molecular weight excluding hydrogens is 320 g/mol. The number of quaternary nitrogens is 1. The topological polar surface area (TPSA) is 112 Å². The largest absolute Gasteiger partial charge is 0.504 e. The Morgan fingerprint density at radius 2 is 2.17 bits per heavy atom. The maximum Gasteiger partial charge on any atom is 0.364 e. The van der Waals surface area contributed by atoms with Crippen molar-refractivity contribution in [3.63, 3.8) is 0 Å². The van der Waals surface area contributed by atoms with Crippen LogP contribution in [-0.2, 0) is 9.53 Å². The minimum Gasteiger partial charge on any atom is -0.504 e. The van der Waals surface area contributed by atoms with Gasteiger partial charge in [-0.1, -0.05) is 0 Å². The quantitative estimate of drug-likeness (QED) is 0.431. The molecule has 5 N–H and O–H groups in total. The van der Waals surface area contributed by atoms with E-state index in [9.17, 15) is 14.7 Å². The van der Waals surface area contributed by atoms with E-state index in [2.05, 4.69) is 11.1 Å². The molecule has 0 aromatic heterocycles. The van der Waals surface area contributed by atoms with Crippen LogP contribution < -0.4 is 15.8 Å². The van der Waals surface area contributed by atoms with Gasteiger partial charge in [0.2, 0.25) is 0 Å². The first kappa shape index (κ1) is 19.1. The second kappa shape index (κ2) is 9.96. The summed E-state index contributed by atoms with van der Waals surface area (Å²) in [6, 6.07) is 3.91. The van der Waals surface area contributed by atoms with Crippen LogP contribution in [0.5, 0.6) is 11.5 Å². The normalized spacial score (nSPS) is 11.6. The molecule has 0 saturated heterocycles. The van der Waals surface area contributed by atoms with Crippen LogP contribution in [0.1, 0.15) is 16.8 Å². The zero-order valence-corrected chi connectivity index (χ0v) is 14.1. The van der Waals surface area contributed by atoms with Gasteiger partial charge in [-0.25, -0.2) is 4.79 Å². The summed E-state index contributed by atoms with van der Waals surface area (Å²) < 4.78 is 10.0. The number of methoxy groups -OCH3 is 1. The van der Waals surface area contributed by atoms with Gasteiger partial charge in [0.05, 0.1) is 13.7 Å². The SMILES string of the molecule is COc1cc(C(=O)NCCOC(=O)[C@@H]([NH3+])CCSC)ccc1O. The van der Waals surface area contributed by atoms with Gasteiger partial charge in [0.1, 0.15) is 6.61 Å². The van der Waals surface area contributed by atoms with E-state index in [1.54, 1.807) is 11.8 Å². The number of ether oxygens (including phenoxy) is 2. The fourth-order valence-corrected chi connectivity index (χ4v) is 2.25. The van der Waals surface area contributed by atoms with E-state index in [4.69, 9.17) is 9.47 Å². The molecular formula is C15H23N2O5S+. The molecule has 1 rings (SSSR count). The Bertz CT molecular complexity index is 539. The van der Waals surface area contributed by atoms with E-state index < -0.39 is 0 Å². The summed E-state index contributed by atoms with van der Waals surface area (Å²) in [6.07, 6.45) is 2.63. The van der Waals surface area contributed by atoms with E-state index in [1.807, 2.05) is 6.26 Å². The molecule has 1 atom stereocenters. The summed E-state index contributed by atoms with van der Waals surface area (Å²) in [7, 11) is 1.41. The number of nitrogens with one attached hydrogen (secondary N) is 1. The lowest BCUT2D eigenvalue weighted by Crippen LogP contribution is -2.65. The van der Waals surface area contributed by atoms with Crippen molar-refractivity contribution in [2.75, 3.05) is 32.3 Å². The first-order chi connectivity index (χ1) is 11.0. The molecule has 0 heterocycles. The number of hydrogen-bond donors (Lipinski definition) is 3. The Balaban J connectivity index is 2.35. The summed E-state index contributed by atoms with van der Waals surface area (Å²) in [5.41, 5.74) is 4.10. The molecule has 0 bridgehead atoms. The number of thioether (sulfide) groups is 1. The van der Waals surface area contributed by atoms with Crippen LogP contribution in [0.15, 0.2) is 18.2 Å². The highest BCUT2D eigenvalue weighted by molar-refractivity contribution is 7.98. The molecule has 0 saturated carbocycles. The summed E-state index contributed by atoms with van der Waals surface area (Å²) in [4.78, 5) is 23.6. The van der Waals surface area contributed by atoms with Gasteiger partial charge in [-0.2, -0.15) is 11.8 Å². The number of hydrogen-bond acceptors (Lipinski definition) is 6. The molecule has 0 radical (unpaired) electrons. The fraction of sp³-hybridized carbons (Fsp3) is 0.467. The average molecular weight is 343 g/mol. The van der Waals surface area contributed by atoms with E-state index in [-0.39, 0.29) is 42.6 Å². The highest BCUT2D eigenvalue weighted by atomic mass is 32.2. The predicted molar refractivity (Wildman–Crippen MR) is 87.6 cm³/mol. The van der Waals surface area contributed by atoms with Crippen LogP contribution in [0.25, 0.3) is 0 Å². The van der Waals surface area contributed by atoms with Crippen LogP contribution >= 0.6 is 11.8 Å². The smallest absolute Gasteiger partial charge is 0.364 e. The van der Waals surface area contributed by atoms with Crippen LogP contribution in [-0.4, -0.2) is 55.3 Å². The zero-order chi connectivity index (χ0) is 17.2. The molecule has 1 aromatic rings. The summed E-state index contributed by atoms with van der Waals surface area (Å²) in [5, 5.41) is 12.1. The minimum absolute atomic E-state index is 0.0373. The van der Waals surface area contributed by atoms with Crippen molar-refractivity contribution in [2.24, 2.45) is 0 Å². The highest BCUT2D eigenvalue weighted by Crippen LogP contribution is 2.26. The summed E-state index contributed by atoms with van der Waals surface area (Å²) in [5.74, 6) is 0.331. The molecule has 1 amide bonds. The number of esters is 1. The highest BCUT2D eigenvalue weighted by Gasteiger charge is 2.18. The second-order valence-corrected chi connectivity index (χ2v) is 5.77. The molecule has 0 aliphatic carbocycles. The third-order valence-corrected chi connectivity index (χ3v) is 3.72. The molecule has 1 aromatic carbocycles. The van der Waals surface area contributed by atoms with E-state index in [1.165, 1.54) is 25.3 Å². The second-order valence-electron chi connectivity index (χ2n) is 4.79. The zero-order valence-electron chi connectivity index (χ0n) is 13.3. The molecule has 23 heavy (non-hydrogen) atoms. The maximum atomic E-state index is 11.9. The van der Waals surface area contributed by atoms with Crippen LogP contribution in [0, 0.1) is 0 Å². The van der Waals surface area contributed by atoms with E-state index >= 15 is 0 Å². The van der Waals surface area contributed by atoms with Crippen molar-refractivity contribution >= 4 is 23.6 Å². The summed E-state index contributed by atoms with van der Waals surface area (Å²) >= 11 is 1.65. The number of amides is 1. The monoisotopic (exact) mass is 343 g/mol. The van der Waals surface area contributed by atoms with E-state index in [0.717, 1.165) is 5.75 Å². The van der Waals surface area contributed by atoms with Crippen LogP contribution in [0.2, 0.25) is 0 Å². The molecule has 0 fully saturated rings. The Morgan fingerprint density at radius 3 is 2.83 bits per heavy atom. The number of benzene rings is 1. The van der Waals surface area contributed by atoms with Crippen molar-refractivity contribution in [3.05, 3.63) is 23.8 Å². The first-order valence-corrected chi connectivity index (χ1v) is 8.52. The molecule has 0 spiro atoms. The number of aromatic hydroxyl groups is 1. The Morgan fingerprint density at radius 1 is 1.43 bits per heavy atom. The lowest BCUT2D eigenvalue weighted by Gasteiger charge is -2.10. The first-order valence-electron chi connectivity index (χ1n) is 7.13. The number of rotatable bonds is 9. The van der Waals surface area contributed by atoms with Crippen LogP contribution in [0.4, 0.5) is 0 Å². The van der Waals surface area contributed by atoms with Gasteiger partial charge >= 0.3 is 5.97 Å². The molecule has 8 heteroatoms. The van der Waals surface area contributed by atoms with Crippen molar-refractivity contribution in [1.82, 2.24) is 5.32 Å². The molecule has 0 aliphatic heterocycles. The molecule has 7 nitrogen and oxygen atoms in total. The number of carbonyl (C=O) groups is 2. The third-order valence-electron chi connectivity index (χ3n) is 3.08. The van der Waals surface area contributed by atoms with Gasteiger partial charge in [-0.15, -0.1) is 0 Å². The molecule has 128 valence electrons. The molecule has 0 unspecified atom stereocenters. The van der Waals surface area contributed by atoms with Gasteiger partial charge < -0.3 is 25.6 Å².